The SMILES string of the molecule is N#CCN(CC#N)Cc1ccc([S+]2CCCC2)c2ccccc12. The van der Waals surface area contributed by atoms with Crippen molar-refractivity contribution in [3.63, 3.8) is 0 Å². The van der Waals surface area contributed by atoms with Crippen molar-refractivity contribution in [1.29, 1.82) is 10.5 Å². The summed E-state index contributed by atoms with van der Waals surface area (Å²) >= 11 is 0. The second kappa shape index (κ2) is 7.51. The first-order valence-corrected chi connectivity index (χ1v) is 9.54. The van der Waals surface area contributed by atoms with Gasteiger partial charge in [0, 0.05) is 22.8 Å². The molecule has 2 aromatic carbocycles. The van der Waals surface area contributed by atoms with Crippen molar-refractivity contribution in [3.05, 3.63) is 42.0 Å². The molecule has 0 saturated carbocycles. The van der Waals surface area contributed by atoms with Crippen LogP contribution in [0.3, 0.4) is 0 Å². The van der Waals surface area contributed by atoms with Crippen LogP contribution in [0, 0.1) is 22.7 Å². The summed E-state index contributed by atoms with van der Waals surface area (Å²) in [7, 11) is 0.389. The largest absolute Gasteiger partial charge is 0.273 e. The highest BCUT2D eigenvalue weighted by Gasteiger charge is 2.29. The van der Waals surface area contributed by atoms with Crippen molar-refractivity contribution in [2.75, 3.05) is 24.6 Å². The smallest absolute Gasteiger partial charge is 0.162 e. The lowest BCUT2D eigenvalue weighted by atomic mass is 10.0. The zero-order chi connectivity index (χ0) is 16.1. The summed E-state index contributed by atoms with van der Waals surface area (Å²) in [6.07, 6.45) is 2.69. The van der Waals surface area contributed by atoms with E-state index in [1.165, 1.54) is 45.6 Å². The van der Waals surface area contributed by atoms with E-state index in [4.69, 9.17) is 10.5 Å². The number of fused-ring (bicyclic) bond motifs is 1. The molecule has 116 valence electrons. The second-order valence-corrected chi connectivity index (χ2v) is 8.08. The van der Waals surface area contributed by atoms with Gasteiger partial charge in [-0.15, -0.1) is 0 Å². The van der Waals surface area contributed by atoms with Crippen LogP contribution in [0.4, 0.5) is 0 Å². The molecule has 2 aromatic rings. The number of rotatable bonds is 5. The number of hydrogen-bond acceptors (Lipinski definition) is 3. The number of nitrogens with zero attached hydrogens (tertiary/aromatic N) is 3. The van der Waals surface area contributed by atoms with E-state index in [9.17, 15) is 0 Å². The molecule has 23 heavy (non-hydrogen) atoms. The Morgan fingerprint density at radius 1 is 0.913 bits per heavy atom. The molecular formula is C19H20N3S+. The van der Waals surface area contributed by atoms with Crippen molar-refractivity contribution in [1.82, 2.24) is 4.90 Å². The van der Waals surface area contributed by atoms with Gasteiger partial charge in [0.15, 0.2) is 4.90 Å². The topological polar surface area (TPSA) is 50.8 Å². The maximum absolute atomic E-state index is 8.94. The van der Waals surface area contributed by atoms with E-state index in [-0.39, 0.29) is 13.1 Å². The third-order valence-corrected chi connectivity index (χ3v) is 6.84. The Bertz CT molecular complexity index is 750. The van der Waals surface area contributed by atoms with Gasteiger partial charge in [-0.05, 0) is 35.9 Å². The summed E-state index contributed by atoms with van der Waals surface area (Å²) in [5.74, 6) is 2.64. The Balaban J connectivity index is 1.97. The van der Waals surface area contributed by atoms with Gasteiger partial charge in [0.25, 0.3) is 0 Å². The van der Waals surface area contributed by atoms with Gasteiger partial charge in [-0.1, -0.05) is 24.3 Å². The van der Waals surface area contributed by atoms with Gasteiger partial charge >= 0.3 is 0 Å². The predicted molar refractivity (Wildman–Crippen MR) is 95.1 cm³/mol. The van der Waals surface area contributed by atoms with Gasteiger partial charge in [0.1, 0.15) is 11.5 Å². The molecule has 0 radical (unpaired) electrons. The van der Waals surface area contributed by atoms with Gasteiger partial charge in [-0.2, -0.15) is 10.5 Å². The monoisotopic (exact) mass is 322 g/mol. The van der Waals surface area contributed by atoms with Crippen molar-refractivity contribution in [2.24, 2.45) is 0 Å². The van der Waals surface area contributed by atoms with E-state index in [1.807, 2.05) is 4.90 Å². The molecule has 3 rings (SSSR count). The highest BCUT2D eigenvalue weighted by atomic mass is 32.2. The van der Waals surface area contributed by atoms with Crippen LogP contribution in [-0.2, 0) is 17.4 Å². The van der Waals surface area contributed by atoms with Crippen molar-refractivity contribution in [2.45, 2.75) is 24.3 Å². The fourth-order valence-corrected chi connectivity index (χ4v) is 5.71. The quantitative estimate of drug-likeness (QED) is 0.626. The second-order valence-electron chi connectivity index (χ2n) is 5.84. The molecule has 1 aliphatic rings. The lowest BCUT2D eigenvalue weighted by Gasteiger charge is -2.17. The molecule has 1 heterocycles. The lowest BCUT2D eigenvalue weighted by Crippen LogP contribution is -2.24. The molecule has 1 aliphatic heterocycles. The van der Waals surface area contributed by atoms with E-state index in [0.717, 1.165) is 0 Å². The Kier molecular flexibility index (Phi) is 5.18. The highest BCUT2D eigenvalue weighted by molar-refractivity contribution is 7.97. The molecule has 1 fully saturated rings. The van der Waals surface area contributed by atoms with Gasteiger partial charge in [-0.3, -0.25) is 4.90 Å². The van der Waals surface area contributed by atoms with Crippen LogP contribution >= 0.6 is 0 Å². The Morgan fingerprint density at radius 2 is 1.57 bits per heavy atom. The zero-order valence-electron chi connectivity index (χ0n) is 13.2. The molecule has 0 aromatic heterocycles. The van der Waals surface area contributed by atoms with Crippen LogP contribution in [0.25, 0.3) is 10.8 Å². The minimum absolute atomic E-state index is 0.286. The van der Waals surface area contributed by atoms with Gasteiger partial charge in [0.05, 0.1) is 25.2 Å². The molecule has 0 aliphatic carbocycles. The third-order valence-electron chi connectivity index (χ3n) is 4.30. The summed E-state index contributed by atoms with van der Waals surface area (Å²) in [6.45, 7) is 1.22. The minimum atomic E-state index is 0.286. The Labute approximate surface area is 140 Å². The lowest BCUT2D eigenvalue weighted by molar-refractivity contribution is 0.336. The summed E-state index contributed by atoms with van der Waals surface area (Å²) in [4.78, 5) is 3.38. The van der Waals surface area contributed by atoms with Gasteiger partial charge in [0.2, 0.25) is 0 Å². The first-order chi connectivity index (χ1) is 11.3. The van der Waals surface area contributed by atoms with E-state index >= 15 is 0 Å². The normalized spacial score (nSPS) is 14.9. The van der Waals surface area contributed by atoms with Crippen LogP contribution < -0.4 is 0 Å². The summed E-state index contributed by atoms with van der Waals surface area (Å²) in [5, 5.41) is 20.5. The molecule has 0 atom stereocenters. The molecular weight excluding hydrogens is 302 g/mol. The first-order valence-electron chi connectivity index (χ1n) is 7.98. The molecule has 0 spiro atoms. The van der Waals surface area contributed by atoms with Crippen LogP contribution in [0.15, 0.2) is 41.3 Å². The van der Waals surface area contributed by atoms with Crippen LogP contribution in [0.1, 0.15) is 18.4 Å². The van der Waals surface area contributed by atoms with Crippen LogP contribution in [0.2, 0.25) is 0 Å². The van der Waals surface area contributed by atoms with E-state index < -0.39 is 0 Å². The zero-order valence-corrected chi connectivity index (χ0v) is 14.0. The van der Waals surface area contributed by atoms with Crippen LogP contribution in [0.5, 0.6) is 0 Å². The number of nitriles is 2. The van der Waals surface area contributed by atoms with Crippen LogP contribution in [-0.4, -0.2) is 29.5 Å². The molecule has 3 nitrogen and oxygen atoms in total. The van der Waals surface area contributed by atoms with E-state index in [2.05, 4.69) is 48.5 Å². The summed E-state index contributed by atoms with van der Waals surface area (Å²) in [6, 6.07) is 17.4. The highest BCUT2D eigenvalue weighted by Crippen LogP contribution is 2.32. The summed E-state index contributed by atoms with van der Waals surface area (Å²) < 4.78 is 0. The van der Waals surface area contributed by atoms with Gasteiger partial charge < -0.3 is 0 Å². The predicted octanol–water partition coefficient (Wildman–Crippen LogP) is 3.46. The number of hydrogen-bond donors (Lipinski definition) is 0. The van der Waals surface area contributed by atoms with E-state index in [0.29, 0.717) is 17.4 Å². The molecule has 0 unspecified atom stereocenters. The Morgan fingerprint density at radius 3 is 2.22 bits per heavy atom. The average molecular weight is 322 g/mol. The van der Waals surface area contributed by atoms with Crippen molar-refractivity contribution < 1.29 is 0 Å². The van der Waals surface area contributed by atoms with Gasteiger partial charge in [-0.25, -0.2) is 0 Å². The standard InChI is InChI=1S/C19H20N3S/c20-9-11-22(12-10-21)15-16-7-8-19(23-13-3-4-14-23)18-6-2-1-5-17(16)18/h1-2,5-8H,3-4,11-15H2/q+1. The molecule has 4 heteroatoms. The maximum Gasteiger partial charge on any atom is 0.162 e. The molecule has 0 bridgehead atoms. The summed E-state index contributed by atoms with van der Waals surface area (Å²) in [5.41, 5.74) is 1.21. The van der Waals surface area contributed by atoms with Crippen molar-refractivity contribution in [3.8, 4) is 12.1 Å². The fraction of sp³-hybridized carbons (Fsp3) is 0.368. The Hall–Kier alpha value is -2.01. The maximum atomic E-state index is 8.94. The van der Waals surface area contributed by atoms with Crippen molar-refractivity contribution >= 4 is 21.7 Å². The number of benzene rings is 2. The molecule has 0 amide bonds. The molecule has 0 N–H and O–H groups in total. The third kappa shape index (κ3) is 3.50. The first kappa shape index (κ1) is 15.9. The molecule has 1 saturated heterocycles. The minimum Gasteiger partial charge on any atom is -0.273 e. The van der Waals surface area contributed by atoms with E-state index in [1.54, 1.807) is 0 Å². The fourth-order valence-electron chi connectivity index (χ4n) is 3.21. The average Bonchev–Trinajstić information content (AvgIpc) is 3.10.